The normalized spacial score (nSPS) is 9.33. The molecule has 7 heteroatoms. The minimum atomic E-state index is -1.24. The number of carbonyl (C=O) groups is 2. The number of rotatable bonds is 2. The van der Waals surface area contributed by atoms with Gasteiger partial charge in [0.25, 0.3) is 0 Å². The maximum absolute atomic E-state index is 10.4. The average molecular weight is 170 g/mol. The topological polar surface area (TPSA) is 121 Å². The van der Waals surface area contributed by atoms with E-state index in [1.165, 1.54) is 0 Å². The lowest BCUT2D eigenvalue weighted by molar-refractivity contribution is 0.0692. The van der Waals surface area contributed by atoms with Crippen LogP contribution in [0, 0.1) is 0 Å². The van der Waals surface area contributed by atoms with Gasteiger partial charge in [-0.15, -0.1) is 0 Å². The zero-order chi connectivity index (χ0) is 9.14. The molecule has 0 aromatic carbocycles. The van der Waals surface area contributed by atoms with E-state index in [4.69, 9.17) is 10.8 Å². The molecule has 1 aromatic heterocycles. The van der Waals surface area contributed by atoms with Crippen molar-refractivity contribution in [2.75, 3.05) is 5.32 Å². The van der Waals surface area contributed by atoms with E-state index in [1.807, 2.05) is 0 Å². The van der Waals surface area contributed by atoms with Crippen molar-refractivity contribution < 1.29 is 14.7 Å². The number of aromatic carboxylic acids is 1. The number of anilines is 1. The molecule has 1 rings (SSSR count). The van der Waals surface area contributed by atoms with Crippen molar-refractivity contribution in [2.45, 2.75) is 0 Å². The molecule has 0 fully saturated rings. The van der Waals surface area contributed by atoms with Crippen LogP contribution in [0.1, 0.15) is 10.5 Å². The molecule has 12 heavy (non-hydrogen) atoms. The summed E-state index contributed by atoms with van der Waals surface area (Å²) in [5.74, 6) is -1.25. The number of nitrogens with one attached hydrogen (secondary N) is 2. The van der Waals surface area contributed by atoms with Gasteiger partial charge in [0.1, 0.15) is 5.82 Å². The highest BCUT2D eigenvalue weighted by Crippen LogP contribution is 2.07. The second-order valence-corrected chi connectivity index (χ2v) is 1.92. The third kappa shape index (κ3) is 1.51. The molecule has 0 aliphatic heterocycles. The van der Waals surface area contributed by atoms with Crippen LogP contribution in [0.2, 0.25) is 0 Å². The number of primary amides is 1. The molecule has 0 saturated heterocycles. The van der Waals surface area contributed by atoms with Gasteiger partial charge in [0.05, 0.1) is 6.33 Å². The van der Waals surface area contributed by atoms with E-state index in [0.29, 0.717) is 0 Å². The fourth-order valence-electron chi connectivity index (χ4n) is 0.675. The number of amides is 2. The van der Waals surface area contributed by atoms with Gasteiger partial charge in [-0.2, -0.15) is 0 Å². The predicted molar refractivity (Wildman–Crippen MR) is 38.8 cm³/mol. The Kier molecular flexibility index (Phi) is 1.95. The molecule has 0 aliphatic rings. The van der Waals surface area contributed by atoms with E-state index in [0.717, 1.165) is 6.33 Å². The number of imidazole rings is 1. The Labute approximate surface area is 66.6 Å². The van der Waals surface area contributed by atoms with Crippen LogP contribution in [0.4, 0.5) is 10.6 Å². The summed E-state index contributed by atoms with van der Waals surface area (Å²) < 4.78 is 0. The van der Waals surface area contributed by atoms with E-state index in [-0.39, 0.29) is 11.5 Å². The molecule has 0 unspecified atom stereocenters. The smallest absolute Gasteiger partial charge is 0.358 e. The van der Waals surface area contributed by atoms with Crippen LogP contribution in [0.25, 0.3) is 0 Å². The fourth-order valence-corrected chi connectivity index (χ4v) is 0.675. The summed E-state index contributed by atoms with van der Waals surface area (Å²) in [6.07, 6.45) is 1.15. The molecule has 5 N–H and O–H groups in total. The van der Waals surface area contributed by atoms with Crippen molar-refractivity contribution in [1.82, 2.24) is 9.97 Å². The monoisotopic (exact) mass is 170 g/mol. The van der Waals surface area contributed by atoms with Crippen LogP contribution in [0.15, 0.2) is 6.33 Å². The maximum atomic E-state index is 10.4. The molecule has 1 heterocycles. The first kappa shape index (κ1) is 8.05. The summed E-state index contributed by atoms with van der Waals surface area (Å²) in [4.78, 5) is 26.6. The van der Waals surface area contributed by atoms with Crippen molar-refractivity contribution >= 4 is 17.8 Å². The summed E-state index contributed by atoms with van der Waals surface area (Å²) in [5.41, 5.74) is 4.49. The van der Waals surface area contributed by atoms with Crippen molar-refractivity contribution in [2.24, 2.45) is 5.73 Å². The van der Waals surface area contributed by atoms with Gasteiger partial charge in [0.15, 0.2) is 5.69 Å². The van der Waals surface area contributed by atoms with Crippen LogP contribution in [-0.4, -0.2) is 27.1 Å². The minimum absolute atomic E-state index is 0.0185. The second-order valence-electron chi connectivity index (χ2n) is 1.92. The Morgan fingerprint density at radius 1 is 1.67 bits per heavy atom. The molecule has 1 aromatic rings. The number of aromatic nitrogens is 2. The number of carbonyl (C=O) groups excluding carboxylic acids is 1. The molecular weight excluding hydrogens is 164 g/mol. The quantitative estimate of drug-likeness (QED) is 0.482. The van der Waals surface area contributed by atoms with Gasteiger partial charge < -0.3 is 15.8 Å². The Morgan fingerprint density at radius 3 is 2.83 bits per heavy atom. The number of carboxylic acids is 1. The zero-order valence-corrected chi connectivity index (χ0v) is 5.87. The molecule has 0 atom stereocenters. The number of urea groups is 1. The van der Waals surface area contributed by atoms with Crippen molar-refractivity contribution in [3.05, 3.63) is 12.0 Å². The third-order valence-corrected chi connectivity index (χ3v) is 1.09. The lowest BCUT2D eigenvalue weighted by Gasteiger charge is -1.97. The summed E-state index contributed by atoms with van der Waals surface area (Å²) in [6, 6.07) is -0.846. The number of hydrogen-bond donors (Lipinski definition) is 4. The predicted octanol–water partition coefficient (Wildman–Crippen LogP) is -0.402. The SMILES string of the molecule is NC(=O)Nc1[nH]cnc1C(=O)O. The van der Waals surface area contributed by atoms with E-state index < -0.39 is 12.0 Å². The van der Waals surface area contributed by atoms with E-state index in [1.54, 1.807) is 0 Å². The zero-order valence-electron chi connectivity index (χ0n) is 5.87. The molecule has 2 amide bonds. The molecule has 0 bridgehead atoms. The van der Waals surface area contributed by atoms with Gasteiger partial charge in [0.2, 0.25) is 0 Å². The summed E-state index contributed by atoms with van der Waals surface area (Å²) in [7, 11) is 0. The maximum Gasteiger partial charge on any atom is 0.358 e. The standard InChI is InChI=1S/C5H6N4O3/c6-5(12)9-3-2(4(10)11)7-1-8-3/h1H,(H,7,8)(H,10,11)(H3,6,9,12). The van der Waals surface area contributed by atoms with Gasteiger partial charge in [-0.1, -0.05) is 0 Å². The summed E-state index contributed by atoms with van der Waals surface area (Å²) >= 11 is 0. The van der Waals surface area contributed by atoms with Crippen molar-refractivity contribution in [3.8, 4) is 0 Å². The Morgan fingerprint density at radius 2 is 2.33 bits per heavy atom. The van der Waals surface area contributed by atoms with Gasteiger partial charge in [-0.05, 0) is 0 Å². The van der Waals surface area contributed by atoms with Gasteiger partial charge >= 0.3 is 12.0 Å². The van der Waals surface area contributed by atoms with Gasteiger partial charge in [-0.25, -0.2) is 14.6 Å². The van der Waals surface area contributed by atoms with E-state index >= 15 is 0 Å². The van der Waals surface area contributed by atoms with Gasteiger partial charge in [0, 0.05) is 0 Å². The second kappa shape index (κ2) is 2.91. The molecular formula is C5H6N4O3. The number of H-pyrrole nitrogens is 1. The number of nitrogens with zero attached hydrogens (tertiary/aromatic N) is 1. The molecule has 7 nitrogen and oxygen atoms in total. The average Bonchev–Trinajstić information content (AvgIpc) is 2.33. The van der Waals surface area contributed by atoms with Crippen LogP contribution in [0.5, 0.6) is 0 Å². The van der Waals surface area contributed by atoms with E-state index in [9.17, 15) is 9.59 Å². The summed E-state index contributed by atoms with van der Waals surface area (Å²) in [6.45, 7) is 0. The Hall–Kier alpha value is -2.05. The van der Waals surface area contributed by atoms with Gasteiger partial charge in [-0.3, -0.25) is 5.32 Å². The number of nitrogens with two attached hydrogens (primary N) is 1. The first-order valence-electron chi connectivity index (χ1n) is 2.94. The van der Waals surface area contributed by atoms with Crippen molar-refractivity contribution in [3.63, 3.8) is 0 Å². The lowest BCUT2D eigenvalue weighted by atomic mass is 10.4. The van der Waals surface area contributed by atoms with Crippen LogP contribution in [0.3, 0.4) is 0 Å². The van der Waals surface area contributed by atoms with Crippen LogP contribution in [-0.2, 0) is 0 Å². The van der Waals surface area contributed by atoms with Crippen LogP contribution >= 0.6 is 0 Å². The fraction of sp³-hybridized carbons (Fsp3) is 0. The van der Waals surface area contributed by atoms with E-state index in [2.05, 4.69) is 15.3 Å². The highest BCUT2D eigenvalue weighted by atomic mass is 16.4. The molecule has 0 spiro atoms. The largest absolute Gasteiger partial charge is 0.476 e. The first-order chi connectivity index (χ1) is 5.61. The molecule has 0 aliphatic carbocycles. The third-order valence-electron chi connectivity index (χ3n) is 1.09. The molecule has 0 radical (unpaired) electrons. The molecule has 64 valence electrons. The van der Waals surface area contributed by atoms with Crippen LogP contribution < -0.4 is 11.1 Å². The lowest BCUT2D eigenvalue weighted by Crippen LogP contribution is -2.21. The highest BCUT2D eigenvalue weighted by molar-refractivity contribution is 5.96. The number of hydrogen-bond acceptors (Lipinski definition) is 3. The molecule has 0 saturated carbocycles. The summed E-state index contributed by atoms with van der Waals surface area (Å²) in [5, 5.41) is 10.6. The number of aromatic amines is 1. The number of carboxylic acid groups (broad SMARTS) is 1. The minimum Gasteiger partial charge on any atom is -0.476 e. The highest BCUT2D eigenvalue weighted by Gasteiger charge is 2.13. The Bertz CT molecular complexity index is 318. The Balaban J connectivity index is 2.91. The first-order valence-corrected chi connectivity index (χ1v) is 2.94. The van der Waals surface area contributed by atoms with Crippen molar-refractivity contribution in [1.29, 1.82) is 0 Å².